The Morgan fingerprint density at radius 1 is 1.43 bits per heavy atom. The van der Waals surface area contributed by atoms with Gasteiger partial charge in [0.25, 0.3) is 0 Å². The van der Waals surface area contributed by atoms with Crippen LogP contribution in [0.25, 0.3) is 0 Å². The second kappa shape index (κ2) is 4.82. The minimum absolute atomic E-state index is 0.133. The lowest BCUT2D eigenvalue weighted by Crippen LogP contribution is -2.31. The number of likely N-dealkylation sites (N-methyl/N-ethyl adjacent to an activating group) is 1. The normalized spacial score (nSPS) is 23.3. The number of hydrogen-bond donors (Lipinski definition) is 1. The van der Waals surface area contributed by atoms with Crippen molar-refractivity contribution in [1.82, 2.24) is 10.2 Å². The minimum Gasteiger partial charge on any atom is -0.305 e. The van der Waals surface area contributed by atoms with Crippen LogP contribution in [0.5, 0.6) is 0 Å². The number of rotatable bonds is 2. The van der Waals surface area contributed by atoms with Crippen molar-refractivity contribution in [1.29, 1.82) is 0 Å². The molecule has 1 rings (SSSR count). The molecular formula is C12H22N2. The Morgan fingerprint density at radius 3 is 2.64 bits per heavy atom. The summed E-state index contributed by atoms with van der Waals surface area (Å²) in [5.41, 5.74) is 0.133. The number of hydrogen-bond acceptors (Lipinski definition) is 2. The average Bonchev–Trinajstić information content (AvgIpc) is 2.44. The molecule has 2 heteroatoms. The fraction of sp³-hybridized carbons (Fsp3) is 0.833. The highest BCUT2D eigenvalue weighted by Gasteiger charge is 2.17. The fourth-order valence-electron chi connectivity index (χ4n) is 1.61. The van der Waals surface area contributed by atoms with E-state index in [4.69, 9.17) is 0 Å². The van der Waals surface area contributed by atoms with Crippen molar-refractivity contribution in [2.75, 3.05) is 26.7 Å². The number of likely N-dealkylation sites (tertiary alicyclic amines) is 1. The van der Waals surface area contributed by atoms with Crippen molar-refractivity contribution in [3.8, 4) is 11.8 Å². The van der Waals surface area contributed by atoms with Crippen LogP contribution < -0.4 is 5.32 Å². The van der Waals surface area contributed by atoms with Crippen LogP contribution in [0.4, 0.5) is 0 Å². The van der Waals surface area contributed by atoms with Crippen molar-refractivity contribution in [2.24, 2.45) is 5.41 Å². The van der Waals surface area contributed by atoms with Gasteiger partial charge >= 0.3 is 0 Å². The Balaban J connectivity index is 2.18. The lowest BCUT2D eigenvalue weighted by molar-refractivity contribution is 0.401. The molecule has 1 atom stereocenters. The molecule has 0 spiro atoms. The highest BCUT2D eigenvalue weighted by Crippen LogP contribution is 2.09. The topological polar surface area (TPSA) is 15.3 Å². The average molecular weight is 194 g/mol. The molecule has 0 bridgehead atoms. The molecule has 1 saturated heterocycles. The van der Waals surface area contributed by atoms with E-state index in [1.54, 1.807) is 0 Å². The fourth-order valence-corrected chi connectivity index (χ4v) is 1.61. The van der Waals surface area contributed by atoms with Gasteiger partial charge in [-0.2, -0.15) is 0 Å². The van der Waals surface area contributed by atoms with Crippen LogP contribution in [0.1, 0.15) is 27.2 Å². The summed E-state index contributed by atoms with van der Waals surface area (Å²) in [5.74, 6) is 6.42. The van der Waals surface area contributed by atoms with E-state index >= 15 is 0 Å². The van der Waals surface area contributed by atoms with Crippen LogP contribution in [0.3, 0.4) is 0 Å². The maximum Gasteiger partial charge on any atom is 0.0579 e. The maximum absolute atomic E-state index is 3.47. The second-order valence-corrected chi connectivity index (χ2v) is 5.18. The van der Waals surface area contributed by atoms with Gasteiger partial charge in [-0.1, -0.05) is 11.8 Å². The third kappa shape index (κ3) is 4.64. The zero-order valence-corrected chi connectivity index (χ0v) is 9.85. The Kier molecular flexibility index (Phi) is 3.97. The van der Waals surface area contributed by atoms with Gasteiger partial charge in [0.05, 0.1) is 6.54 Å². The largest absolute Gasteiger partial charge is 0.305 e. The first kappa shape index (κ1) is 11.6. The van der Waals surface area contributed by atoms with Gasteiger partial charge in [0.2, 0.25) is 0 Å². The predicted molar refractivity (Wildman–Crippen MR) is 61.1 cm³/mol. The summed E-state index contributed by atoms with van der Waals surface area (Å²) in [4.78, 5) is 2.36. The van der Waals surface area contributed by atoms with E-state index < -0.39 is 0 Å². The summed E-state index contributed by atoms with van der Waals surface area (Å²) in [6.45, 7) is 9.63. The SMILES string of the molecule is CN1CCC(NCC#CC(C)(C)C)C1. The Morgan fingerprint density at radius 2 is 2.14 bits per heavy atom. The standard InChI is InChI=1S/C12H22N2/c1-12(2,3)7-5-8-13-11-6-9-14(4)10-11/h11,13H,6,8-10H2,1-4H3. The first-order valence-corrected chi connectivity index (χ1v) is 5.39. The molecule has 1 fully saturated rings. The van der Waals surface area contributed by atoms with Crippen LogP contribution >= 0.6 is 0 Å². The molecule has 0 aliphatic carbocycles. The summed E-state index contributed by atoms with van der Waals surface area (Å²) in [5, 5.41) is 3.47. The van der Waals surface area contributed by atoms with Gasteiger partial charge in [-0.3, -0.25) is 0 Å². The van der Waals surface area contributed by atoms with E-state index in [0.717, 1.165) is 13.1 Å². The summed E-state index contributed by atoms with van der Waals surface area (Å²) in [6.07, 6.45) is 1.26. The van der Waals surface area contributed by atoms with Crippen LogP contribution in [0.2, 0.25) is 0 Å². The maximum atomic E-state index is 3.47. The lowest BCUT2D eigenvalue weighted by atomic mass is 9.98. The molecule has 0 amide bonds. The summed E-state index contributed by atoms with van der Waals surface area (Å²) in [6, 6.07) is 0.647. The van der Waals surface area contributed by atoms with Gasteiger partial charge in [0.15, 0.2) is 0 Å². The molecular weight excluding hydrogens is 172 g/mol. The van der Waals surface area contributed by atoms with Crippen molar-refractivity contribution < 1.29 is 0 Å². The molecule has 0 saturated carbocycles. The van der Waals surface area contributed by atoms with Crippen LogP contribution in [0, 0.1) is 17.3 Å². The van der Waals surface area contributed by atoms with Crippen molar-refractivity contribution >= 4 is 0 Å². The molecule has 0 aromatic heterocycles. The molecule has 14 heavy (non-hydrogen) atoms. The van der Waals surface area contributed by atoms with Crippen LogP contribution in [-0.2, 0) is 0 Å². The third-order valence-electron chi connectivity index (χ3n) is 2.33. The molecule has 80 valence electrons. The minimum atomic E-state index is 0.133. The van der Waals surface area contributed by atoms with Crippen LogP contribution in [0.15, 0.2) is 0 Å². The summed E-state index contributed by atoms with van der Waals surface area (Å²) in [7, 11) is 2.17. The van der Waals surface area contributed by atoms with E-state index in [2.05, 4.69) is 49.9 Å². The van der Waals surface area contributed by atoms with Gasteiger partial charge in [-0.25, -0.2) is 0 Å². The van der Waals surface area contributed by atoms with Gasteiger partial charge in [0, 0.05) is 18.0 Å². The zero-order valence-electron chi connectivity index (χ0n) is 9.85. The Hall–Kier alpha value is -0.520. The molecule has 1 aliphatic heterocycles. The molecule has 1 N–H and O–H groups in total. The van der Waals surface area contributed by atoms with Gasteiger partial charge < -0.3 is 10.2 Å². The van der Waals surface area contributed by atoms with Gasteiger partial charge in [0.1, 0.15) is 0 Å². The van der Waals surface area contributed by atoms with Gasteiger partial charge in [-0.05, 0) is 40.8 Å². The molecule has 0 aromatic carbocycles. The molecule has 1 heterocycles. The van der Waals surface area contributed by atoms with Crippen LogP contribution in [-0.4, -0.2) is 37.6 Å². The van der Waals surface area contributed by atoms with E-state index in [1.807, 2.05) is 0 Å². The molecule has 0 aromatic rings. The van der Waals surface area contributed by atoms with Gasteiger partial charge in [-0.15, -0.1) is 0 Å². The number of nitrogens with zero attached hydrogens (tertiary/aromatic N) is 1. The van der Waals surface area contributed by atoms with Crippen molar-refractivity contribution in [3.63, 3.8) is 0 Å². The first-order valence-electron chi connectivity index (χ1n) is 5.39. The highest BCUT2D eigenvalue weighted by molar-refractivity contribution is 5.08. The number of nitrogens with one attached hydrogen (secondary N) is 1. The molecule has 2 nitrogen and oxygen atoms in total. The lowest BCUT2D eigenvalue weighted by Gasteiger charge is -2.11. The third-order valence-corrected chi connectivity index (χ3v) is 2.33. The van der Waals surface area contributed by atoms with Crippen molar-refractivity contribution in [3.05, 3.63) is 0 Å². The quantitative estimate of drug-likeness (QED) is 0.667. The molecule has 1 unspecified atom stereocenters. The van der Waals surface area contributed by atoms with Crippen molar-refractivity contribution in [2.45, 2.75) is 33.2 Å². The zero-order chi connectivity index (χ0) is 10.6. The molecule has 0 radical (unpaired) electrons. The predicted octanol–water partition coefficient (Wildman–Crippen LogP) is 1.33. The van der Waals surface area contributed by atoms with E-state index in [9.17, 15) is 0 Å². The smallest absolute Gasteiger partial charge is 0.0579 e. The first-order chi connectivity index (χ1) is 6.47. The summed E-state index contributed by atoms with van der Waals surface area (Å²) >= 11 is 0. The molecule has 1 aliphatic rings. The van der Waals surface area contributed by atoms with E-state index in [0.29, 0.717) is 6.04 Å². The monoisotopic (exact) mass is 194 g/mol. The Labute approximate surface area is 88.1 Å². The summed E-state index contributed by atoms with van der Waals surface area (Å²) < 4.78 is 0. The van der Waals surface area contributed by atoms with E-state index in [1.165, 1.54) is 13.0 Å². The highest BCUT2D eigenvalue weighted by atomic mass is 15.2. The second-order valence-electron chi connectivity index (χ2n) is 5.18. The van der Waals surface area contributed by atoms with E-state index in [-0.39, 0.29) is 5.41 Å². The Bertz CT molecular complexity index is 229.